The van der Waals surface area contributed by atoms with Crippen molar-refractivity contribution in [2.24, 2.45) is 7.05 Å². The average Bonchev–Trinajstić information content (AvgIpc) is 2.92. The van der Waals surface area contributed by atoms with Gasteiger partial charge in [0.2, 0.25) is 5.95 Å². The second-order valence-electron chi connectivity index (χ2n) is 7.30. The second-order valence-corrected chi connectivity index (χ2v) is 7.30. The summed E-state index contributed by atoms with van der Waals surface area (Å²) in [5.41, 5.74) is 3.94. The molecule has 1 aliphatic rings. The molecular formula is C19H24FN3O. The Labute approximate surface area is 142 Å². The van der Waals surface area contributed by atoms with Crippen LogP contribution in [-0.4, -0.2) is 15.7 Å². The van der Waals surface area contributed by atoms with E-state index in [1.807, 2.05) is 19.1 Å². The SMILES string of the molecule is CCc1c(C(=O)Nc2cccc3c2C(C)CC3(C)C)c(F)nn1C. The van der Waals surface area contributed by atoms with Crippen LogP contribution in [-0.2, 0) is 18.9 Å². The van der Waals surface area contributed by atoms with Gasteiger partial charge < -0.3 is 5.32 Å². The van der Waals surface area contributed by atoms with Crippen LogP contribution in [0.4, 0.5) is 10.1 Å². The normalized spacial score (nSPS) is 18.5. The highest BCUT2D eigenvalue weighted by Gasteiger charge is 2.36. The molecule has 128 valence electrons. The lowest BCUT2D eigenvalue weighted by atomic mass is 9.86. The fourth-order valence-electron chi connectivity index (χ4n) is 4.11. The van der Waals surface area contributed by atoms with Gasteiger partial charge in [-0.15, -0.1) is 5.10 Å². The monoisotopic (exact) mass is 329 g/mol. The highest BCUT2D eigenvalue weighted by molar-refractivity contribution is 6.05. The molecular weight excluding hydrogens is 305 g/mol. The van der Waals surface area contributed by atoms with Crippen LogP contribution < -0.4 is 5.32 Å². The maximum atomic E-state index is 14.1. The van der Waals surface area contributed by atoms with Crippen molar-refractivity contribution in [3.05, 3.63) is 46.5 Å². The fraction of sp³-hybridized carbons (Fsp3) is 0.474. The summed E-state index contributed by atoms with van der Waals surface area (Å²) in [5, 5.41) is 6.67. The molecule has 4 nitrogen and oxygen atoms in total. The number of aryl methyl sites for hydroxylation is 1. The topological polar surface area (TPSA) is 46.9 Å². The van der Waals surface area contributed by atoms with Gasteiger partial charge in [-0.25, -0.2) is 0 Å². The van der Waals surface area contributed by atoms with E-state index in [2.05, 4.69) is 37.3 Å². The molecule has 1 aliphatic carbocycles. The Morgan fingerprint density at radius 3 is 2.83 bits per heavy atom. The Morgan fingerprint density at radius 2 is 2.17 bits per heavy atom. The van der Waals surface area contributed by atoms with Gasteiger partial charge in [-0.3, -0.25) is 9.48 Å². The van der Waals surface area contributed by atoms with Crippen LogP contribution in [0.3, 0.4) is 0 Å². The third-order valence-electron chi connectivity index (χ3n) is 5.08. The van der Waals surface area contributed by atoms with Crippen LogP contribution in [0.5, 0.6) is 0 Å². The smallest absolute Gasteiger partial charge is 0.262 e. The second kappa shape index (κ2) is 5.72. The average molecular weight is 329 g/mol. The van der Waals surface area contributed by atoms with Crippen molar-refractivity contribution < 1.29 is 9.18 Å². The summed E-state index contributed by atoms with van der Waals surface area (Å²) in [7, 11) is 1.66. The van der Waals surface area contributed by atoms with Crippen molar-refractivity contribution in [2.75, 3.05) is 5.32 Å². The van der Waals surface area contributed by atoms with Crippen molar-refractivity contribution in [1.29, 1.82) is 0 Å². The van der Waals surface area contributed by atoms with E-state index in [-0.39, 0.29) is 11.0 Å². The molecule has 24 heavy (non-hydrogen) atoms. The number of aromatic nitrogens is 2. The minimum absolute atomic E-state index is 0.0440. The summed E-state index contributed by atoms with van der Waals surface area (Å²) in [6, 6.07) is 5.97. The van der Waals surface area contributed by atoms with Gasteiger partial charge in [0.25, 0.3) is 5.91 Å². The molecule has 0 fully saturated rings. The first-order valence-corrected chi connectivity index (χ1v) is 8.42. The quantitative estimate of drug-likeness (QED) is 0.919. The van der Waals surface area contributed by atoms with E-state index in [1.165, 1.54) is 10.2 Å². The minimum Gasteiger partial charge on any atom is -0.322 e. The molecule has 1 N–H and O–H groups in total. The number of carbonyl (C=O) groups is 1. The van der Waals surface area contributed by atoms with E-state index in [9.17, 15) is 9.18 Å². The van der Waals surface area contributed by atoms with E-state index in [1.54, 1.807) is 7.05 Å². The summed E-state index contributed by atoms with van der Waals surface area (Å²) in [6.45, 7) is 8.50. The number of halogens is 1. The number of benzene rings is 1. The van der Waals surface area contributed by atoms with E-state index in [0.717, 1.165) is 17.7 Å². The zero-order chi connectivity index (χ0) is 17.6. The molecule has 3 rings (SSSR count). The predicted octanol–water partition coefficient (Wildman–Crippen LogP) is 4.16. The molecule has 1 unspecified atom stereocenters. The highest BCUT2D eigenvalue weighted by Crippen LogP contribution is 2.48. The Balaban J connectivity index is 2.00. The van der Waals surface area contributed by atoms with Gasteiger partial charge in [0, 0.05) is 12.7 Å². The number of carbonyl (C=O) groups excluding carboxylic acids is 1. The maximum absolute atomic E-state index is 14.1. The Bertz CT molecular complexity index is 807. The zero-order valence-corrected chi connectivity index (χ0v) is 14.9. The van der Waals surface area contributed by atoms with Gasteiger partial charge in [-0.2, -0.15) is 4.39 Å². The molecule has 1 aromatic heterocycles. The molecule has 0 radical (unpaired) electrons. The molecule has 1 amide bonds. The van der Waals surface area contributed by atoms with Crippen LogP contribution >= 0.6 is 0 Å². The molecule has 0 saturated carbocycles. The van der Waals surface area contributed by atoms with E-state index >= 15 is 0 Å². The highest BCUT2D eigenvalue weighted by atomic mass is 19.1. The van der Waals surface area contributed by atoms with Crippen molar-refractivity contribution >= 4 is 11.6 Å². The molecule has 1 atom stereocenters. The third-order valence-corrected chi connectivity index (χ3v) is 5.08. The van der Waals surface area contributed by atoms with Gasteiger partial charge in [0.1, 0.15) is 5.56 Å². The van der Waals surface area contributed by atoms with Crippen LogP contribution in [0.2, 0.25) is 0 Å². The molecule has 2 aromatic rings. The van der Waals surface area contributed by atoms with Crippen molar-refractivity contribution in [3.63, 3.8) is 0 Å². The standard InChI is InChI=1S/C19H24FN3O/c1-6-14-16(17(20)22-23(14)5)18(24)21-13-9-7-8-12-15(13)11(2)10-19(12,3)4/h7-9,11H,6,10H2,1-5H3,(H,21,24). The minimum atomic E-state index is -0.715. The maximum Gasteiger partial charge on any atom is 0.262 e. The number of nitrogens with one attached hydrogen (secondary N) is 1. The number of rotatable bonds is 3. The number of hydrogen-bond acceptors (Lipinski definition) is 2. The number of anilines is 1. The van der Waals surface area contributed by atoms with E-state index in [0.29, 0.717) is 18.0 Å². The first-order chi connectivity index (χ1) is 11.3. The number of nitrogens with zero attached hydrogens (tertiary/aromatic N) is 2. The lowest BCUT2D eigenvalue weighted by molar-refractivity contribution is 0.102. The molecule has 0 saturated heterocycles. The molecule has 1 aromatic carbocycles. The van der Waals surface area contributed by atoms with Crippen LogP contribution in [0.25, 0.3) is 0 Å². The van der Waals surface area contributed by atoms with Gasteiger partial charge in [0.05, 0.1) is 5.69 Å². The molecule has 0 bridgehead atoms. The molecule has 0 aliphatic heterocycles. The number of amides is 1. The van der Waals surface area contributed by atoms with Gasteiger partial charge >= 0.3 is 0 Å². The Hall–Kier alpha value is -2.17. The summed E-state index contributed by atoms with van der Waals surface area (Å²) < 4.78 is 15.5. The summed E-state index contributed by atoms with van der Waals surface area (Å²) in [4.78, 5) is 12.7. The first kappa shape index (κ1) is 16.7. The Morgan fingerprint density at radius 1 is 1.46 bits per heavy atom. The third kappa shape index (κ3) is 2.52. The summed E-state index contributed by atoms with van der Waals surface area (Å²) in [5.74, 6) is -0.786. The summed E-state index contributed by atoms with van der Waals surface area (Å²) in [6.07, 6.45) is 1.59. The van der Waals surface area contributed by atoms with Crippen molar-refractivity contribution in [2.45, 2.75) is 51.9 Å². The van der Waals surface area contributed by atoms with E-state index in [4.69, 9.17) is 0 Å². The van der Waals surface area contributed by atoms with Gasteiger partial charge in [-0.05, 0) is 41.4 Å². The number of hydrogen-bond donors (Lipinski definition) is 1. The molecule has 5 heteroatoms. The van der Waals surface area contributed by atoms with Crippen LogP contribution in [0.15, 0.2) is 18.2 Å². The number of fused-ring (bicyclic) bond motifs is 1. The molecule has 1 heterocycles. The van der Waals surface area contributed by atoms with Crippen LogP contribution in [0, 0.1) is 5.95 Å². The Kier molecular flexibility index (Phi) is 3.98. The van der Waals surface area contributed by atoms with Crippen molar-refractivity contribution in [1.82, 2.24) is 9.78 Å². The largest absolute Gasteiger partial charge is 0.322 e. The summed E-state index contributed by atoms with van der Waals surface area (Å²) >= 11 is 0. The van der Waals surface area contributed by atoms with Gasteiger partial charge in [0.15, 0.2) is 0 Å². The lowest BCUT2D eigenvalue weighted by Gasteiger charge is -2.19. The zero-order valence-electron chi connectivity index (χ0n) is 14.9. The van der Waals surface area contributed by atoms with Gasteiger partial charge in [-0.1, -0.05) is 39.8 Å². The first-order valence-electron chi connectivity index (χ1n) is 8.42. The predicted molar refractivity (Wildman–Crippen MR) is 93.0 cm³/mol. The fourth-order valence-corrected chi connectivity index (χ4v) is 4.11. The van der Waals surface area contributed by atoms with Crippen LogP contribution in [0.1, 0.15) is 67.2 Å². The van der Waals surface area contributed by atoms with Crippen molar-refractivity contribution in [3.8, 4) is 0 Å². The molecule has 0 spiro atoms. The van der Waals surface area contributed by atoms with E-state index < -0.39 is 11.9 Å². The lowest BCUT2D eigenvalue weighted by Crippen LogP contribution is -2.17.